The average Bonchev–Trinajstić information content (AvgIpc) is 1.85. The van der Waals surface area contributed by atoms with Gasteiger partial charge in [-0.25, -0.2) is 0 Å². The van der Waals surface area contributed by atoms with E-state index >= 15 is 0 Å². The van der Waals surface area contributed by atoms with Gasteiger partial charge in [0.1, 0.15) is 5.75 Å². The molecule has 0 bridgehead atoms. The first-order valence-electron chi connectivity index (χ1n) is 2.74. The molecule has 0 fully saturated rings. The third kappa shape index (κ3) is 1.68. The first kappa shape index (κ1) is 8.00. The number of phenols is 1. The predicted molar refractivity (Wildman–Crippen MR) is 42.5 cm³/mol. The van der Waals surface area contributed by atoms with Crippen LogP contribution < -0.4 is 0 Å². The molecule has 0 heterocycles. The summed E-state index contributed by atoms with van der Waals surface area (Å²) in [6, 6.07) is 3.78. The van der Waals surface area contributed by atoms with E-state index in [1.807, 2.05) is 0 Å². The van der Waals surface area contributed by atoms with E-state index < -0.39 is 4.92 Å². The highest BCUT2D eigenvalue weighted by Crippen LogP contribution is 2.27. The molecule has 0 saturated carbocycles. The minimum atomic E-state index is -0.524. The zero-order chi connectivity index (χ0) is 8.43. The van der Waals surface area contributed by atoms with Crippen molar-refractivity contribution in [1.82, 2.24) is 0 Å². The number of benzene rings is 1. The van der Waals surface area contributed by atoms with E-state index in [4.69, 9.17) is 5.11 Å². The zero-order valence-electron chi connectivity index (χ0n) is 5.32. The van der Waals surface area contributed by atoms with Crippen LogP contribution in [0.5, 0.6) is 5.75 Å². The van der Waals surface area contributed by atoms with Gasteiger partial charge in [-0.3, -0.25) is 10.1 Å². The Hall–Kier alpha value is -1.10. The first-order chi connectivity index (χ1) is 5.11. The Balaban J connectivity index is 3.20. The zero-order valence-corrected chi connectivity index (χ0v) is 6.91. The van der Waals surface area contributed by atoms with Crippen LogP contribution in [0, 0.1) is 10.1 Å². The molecule has 5 heteroatoms. The fourth-order valence-electron chi connectivity index (χ4n) is 0.644. The summed E-state index contributed by atoms with van der Waals surface area (Å²) in [7, 11) is 0. The quantitative estimate of drug-likeness (QED) is 0.579. The van der Waals surface area contributed by atoms with Gasteiger partial charge in [-0.15, -0.1) is 0 Å². The summed E-state index contributed by atoms with van der Waals surface area (Å²) in [5.74, 6) is 0.00229. The second-order valence-electron chi connectivity index (χ2n) is 1.89. The summed E-state index contributed by atoms with van der Waals surface area (Å²) in [6.07, 6.45) is 0. The van der Waals surface area contributed by atoms with E-state index in [9.17, 15) is 10.1 Å². The maximum atomic E-state index is 10.2. The lowest BCUT2D eigenvalue weighted by Crippen LogP contribution is -1.87. The van der Waals surface area contributed by atoms with Gasteiger partial charge in [0.15, 0.2) is 0 Å². The molecule has 0 aliphatic carbocycles. The summed E-state index contributed by atoms with van der Waals surface area (Å²) in [4.78, 5) is 9.70. The molecule has 0 aromatic heterocycles. The van der Waals surface area contributed by atoms with E-state index in [2.05, 4.69) is 15.9 Å². The second-order valence-corrected chi connectivity index (χ2v) is 2.75. The summed E-state index contributed by atoms with van der Waals surface area (Å²) >= 11 is 2.95. The van der Waals surface area contributed by atoms with Crippen LogP contribution in [-0.4, -0.2) is 10.0 Å². The summed E-state index contributed by atoms with van der Waals surface area (Å²) in [5.41, 5.74) is -0.0530. The average molecular weight is 218 g/mol. The Bertz CT molecular complexity index is 300. The van der Waals surface area contributed by atoms with Gasteiger partial charge in [0.05, 0.1) is 9.40 Å². The van der Waals surface area contributed by atoms with Gasteiger partial charge in [-0.1, -0.05) is 0 Å². The topological polar surface area (TPSA) is 63.4 Å². The minimum Gasteiger partial charge on any atom is -0.508 e. The molecule has 11 heavy (non-hydrogen) atoms. The number of hydrogen-bond acceptors (Lipinski definition) is 3. The molecular weight excluding hydrogens is 214 g/mol. The van der Waals surface area contributed by atoms with Crippen molar-refractivity contribution in [3.8, 4) is 5.75 Å². The Labute approximate surface area is 70.7 Å². The van der Waals surface area contributed by atoms with Crippen LogP contribution in [0.2, 0.25) is 0 Å². The van der Waals surface area contributed by atoms with Crippen molar-refractivity contribution >= 4 is 21.6 Å². The summed E-state index contributed by atoms with van der Waals surface area (Å²) in [5, 5.41) is 19.1. The van der Waals surface area contributed by atoms with Gasteiger partial charge in [-0.2, -0.15) is 0 Å². The summed E-state index contributed by atoms with van der Waals surface area (Å²) in [6.45, 7) is 0. The van der Waals surface area contributed by atoms with Crippen LogP contribution in [0.15, 0.2) is 22.7 Å². The molecule has 0 aliphatic heterocycles. The van der Waals surface area contributed by atoms with E-state index in [0.29, 0.717) is 0 Å². The Kier molecular flexibility index (Phi) is 2.09. The number of halogens is 1. The van der Waals surface area contributed by atoms with Crippen molar-refractivity contribution < 1.29 is 10.0 Å². The SMILES string of the molecule is O=[N+]([O-])c1ccc(O)cc1Br. The van der Waals surface area contributed by atoms with Gasteiger partial charge in [0.25, 0.3) is 5.69 Å². The lowest BCUT2D eigenvalue weighted by Gasteiger charge is -1.94. The van der Waals surface area contributed by atoms with Crippen LogP contribution in [-0.2, 0) is 0 Å². The fraction of sp³-hybridized carbons (Fsp3) is 0. The molecule has 1 rings (SSSR count). The van der Waals surface area contributed by atoms with Crippen molar-refractivity contribution in [3.63, 3.8) is 0 Å². The molecule has 0 spiro atoms. The third-order valence-electron chi connectivity index (χ3n) is 1.13. The van der Waals surface area contributed by atoms with Gasteiger partial charge >= 0.3 is 0 Å². The first-order valence-corrected chi connectivity index (χ1v) is 3.53. The van der Waals surface area contributed by atoms with Crippen molar-refractivity contribution in [1.29, 1.82) is 0 Å². The van der Waals surface area contributed by atoms with Gasteiger partial charge in [0, 0.05) is 12.1 Å². The molecule has 1 aromatic carbocycles. The van der Waals surface area contributed by atoms with Crippen LogP contribution in [0.4, 0.5) is 5.69 Å². The van der Waals surface area contributed by atoms with Crippen molar-refractivity contribution in [2.75, 3.05) is 0 Å². The molecule has 0 aliphatic rings. The number of phenolic OH excluding ortho intramolecular Hbond substituents is 1. The Morgan fingerprint density at radius 1 is 1.55 bits per heavy atom. The fourth-order valence-corrected chi connectivity index (χ4v) is 1.16. The number of rotatable bonds is 1. The minimum absolute atomic E-state index is 0.00229. The molecular formula is C6H4BrNO3. The van der Waals surface area contributed by atoms with Crippen molar-refractivity contribution in [3.05, 3.63) is 32.8 Å². The van der Waals surface area contributed by atoms with Crippen LogP contribution >= 0.6 is 15.9 Å². The van der Waals surface area contributed by atoms with Gasteiger partial charge in [-0.05, 0) is 22.0 Å². The molecule has 58 valence electrons. The molecule has 0 saturated heterocycles. The highest BCUT2D eigenvalue weighted by molar-refractivity contribution is 9.10. The van der Waals surface area contributed by atoms with Gasteiger partial charge < -0.3 is 5.11 Å². The third-order valence-corrected chi connectivity index (χ3v) is 1.76. The lowest BCUT2D eigenvalue weighted by molar-refractivity contribution is -0.385. The van der Waals surface area contributed by atoms with Crippen LogP contribution in [0.25, 0.3) is 0 Å². The maximum Gasteiger partial charge on any atom is 0.283 e. The van der Waals surface area contributed by atoms with Crippen LogP contribution in [0.3, 0.4) is 0 Å². The number of nitro groups is 1. The van der Waals surface area contributed by atoms with E-state index in [1.54, 1.807) is 0 Å². The number of aromatic hydroxyl groups is 1. The highest BCUT2D eigenvalue weighted by Gasteiger charge is 2.10. The summed E-state index contributed by atoms with van der Waals surface area (Å²) < 4.78 is 0.280. The molecule has 0 unspecified atom stereocenters. The highest BCUT2D eigenvalue weighted by atomic mass is 79.9. The molecule has 4 nitrogen and oxygen atoms in total. The standard InChI is InChI=1S/C6H4BrNO3/c7-5-3-4(9)1-2-6(5)8(10)11/h1-3,9H. The number of hydrogen-bond donors (Lipinski definition) is 1. The second kappa shape index (κ2) is 2.87. The molecule has 1 aromatic rings. The van der Waals surface area contributed by atoms with E-state index in [0.717, 1.165) is 0 Å². The monoisotopic (exact) mass is 217 g/mol. The molecule has 0 atom stereocenters. The number of nitro benzene ring substituents is 1. The Morgan fingerprint density at radius 3 is 2.64 bits per heavy atom. The largest absolute Gasteiger partial charge is 0.508 e. The maximum absolute atomic E-state index is 10.2. The normalized spacial score (nSPS) is 9.55. The van der Waals surface area contributed by atoms with Crippen molar-refractivity contribution in [2.24, 2.45) is 0 Å². The van der Waals surface area contributed by atoms with E-state index in [-0.39, 0.29) is 15.9 Å². The van der Waals surface area contributed by atoms with Crippen molar-refractivity contribution in [2.45, 2.75) is 0 Å². The van der Waals surface area contributed by atoms with E-state index in [1.165, 1.54) is 18.2 Å². The predicted octanol–water partition coefficient (Wildman–Crippen LogP) is 2.06. The Morgan fingerprint density at radius 2 is 2.18 bits per heavy atom. The number of nitrogens with zero attached hydrogens (tertiary/aromatic N) is 1. The lowest BCUT2D eigenvalue weighted by atomic mass is 10.3. The molecule has 1 N–H and O–H groups in total. The van der Waals surface area contributed by atoms with Gasteiger partial charge in [0.2, 0.25) is 0 Å². The van der Waals surface area contributed by atoms with Crippen LogP contribution in [0.1, 0.15) is 0 Å². The smallest absolute Gasteiger partial charge is 0.283 e. The molecule has 0 amide bonds. The molecule has 0 radical (unpaired) electrons.